The van der Waals surface area contributed by atoms with E-state index in [1.807, 2.05) is 60.7 Å². The average molecular weight is 333 g/mol. The van der Waals surface area contributed by atoms with Crippen molar-refractivity contribution in [2.45, 2.75) is 19.9 Å². The monoisotopic (exact) mass is 333 g/mol. The second-order valence-corrected chi connectivity index (χ2v) is 5.84. The highest BCUT2D eigenvalue weighted by Crippen LogP contribution is 2.27. The summed E-state index contributed by atoms with van der Waals surface area (Å²) >= 11 is 0. The third kappa shape index (κ3) is 3.69. The van der Waals surface area contributed by atoms with E-state index in [0.29, 0.717) is 11.5 Å². The van der Waals surface area contributed by atoms with Crippen molar-refractivity contribution in [2.24, 2.45) is 4.99 Å². The predicted molar refractivity (Wildman–Crippen MR) is 98.3 cm³/mol. The summed E-state index contributed by atoms with van der Waals surface area (Å²) in [5, 5.41) is 10.2. The summed E-state index contributed by atoms with van der Waals surface area (Å²) in [6.07, 6.45) is 0. The van der Waals surface area contributed by atoms with Crippen molar-refractivity contribution in [1.82, 2.24) is 0 Å². The number of nitrogens with zero attached hydrogens (tertiary/aromatic N) is 1. The van der Waals surface area contributed by atoms with E-state index in [1.165, 1.54) is 6.07 Å². The van der Waals surface area contributed by atoms with Gasteiger partial charge in [0.1, 0.15) is 23.1 Å². The lowest BCUT2D eigenvalue weighted by molar-refractivity contribution is 0.432. The topological polar surface area (TPSA) is 62.8 Å². The van der Waals surface area contributed by atoms with Crippen LogP contribution in [0.5, 0.6) is 5.75 Å². The van der Waals surface area contributed by atoms with Crippen LogP contribution in [0.3, 0.4) is 0 Å². The van der Waals surface area contributed by atoms with Gasteiger partial charge < -0.3 is 9.52 Å². The van der Waals surface area contributed by atoms with Crippen molar-refractivity contribution in [1.29, 1.82) is 0 Å². The SMILES string of the molecule is CC(=NC(c1ccccc1)c1ccccc1)c1c(O)cc(C)oc1=O. The molecule has 0 amide bonds. The van der Waals surface area contributed by atoms with Crippen LogP contribution in [0, 0.1) is 6.92 Å². The van der Waals surface area contributed by atoms with Gasteiger partial charge in [-0.15, -0.1) is 0 Å². The Hall–Kier alpha value is -3.14. The maximum atomic E-state index is 12.1. The van der Waals surface area contributed by atoms with E-state index in [1.54, 1.807) is 13.8 Å². The average Bonchev–Trinajstić information content (AvgIpc) is 2.60. The summed E-state index contributed by atoms with van der Waals surface area (Å²) in [7, 11) is 0. The molecule has 0 atom stereocenters. The fourth-order valence-electron chi connectivity index (χ4n) is 2.80. The van der Waals surface area contributed by atoms with Crippen molar-refractivity contribution in [3.05, 3.63) is 99.6 Å². The Morgan fingerprint density at radius 1 is 1.00 bits per heavy atom. The molecule has 0 unspecified atom stereocenters. The minimum atomic E-state index is -0.585. The molecule has 1 aromatic heterocycles. The summed E-state index contributed by atoms with van der Waals surface area (Å²) < 4.78 is 5.11. The van der Waals surface area contributed by atoms with Gasteiger partial charge in [0.05, 0.1) is 5.71 Å². The fraction of sp³-hybridized carbons (Fsp3) is 0.143. The number of aromatic hydroxyl groups is 1. The summed E-state index contributed by atoms with van der Waals surface area (Å²) in [5.74, 6) is 0.247. The van der Waals surface area contributed by atoms with Crippen LogP contribution in [0.4, 0.5) is 0 Å². The second-order valence-electron chi connectivity index (χ2n) is 5.84. The van der Waals surface area contributed by atoms with Gasteiger partial charge in [-0.05, 0) is 25.0 Å². The molecule has 0 aliphatic heterocycles. The summed E-state index contributed by atoms with van der Waals surface area (Å²) in [6, 6.07) is 20.8. The molecule has 3 aromatic rings. The van der Waals surface area contributed by atoms with Crippen LogP contribution in [-0.4, -0.2) is 10.8 Å². The van der Waals surface area contributed by atoms with E-state index >= 15 is 0 Å². The molecule has 0 fully saturated rings. The highest BCUT2D eigenvalue weighted by Gasteiger charge is 2.17. The van der Waals surface area contributed by atoms with Gasteiger partial charge in [0.25, 0.3) is 0 Å². The van der Waals surface area contributed by atoms with Gasteiger partial charge in [-0.3, -0.25) is 4.99 Å². The molecule has 3 rings (SSSR count). The van der Waals surface area contributed by atoms with Crippen LogP contribution in [0.15, 0.2) is 80.9 Å². The van der Waals surface area contributed by atoms with E-state index in [0.717, 1.165) is 11.1 Å². The first kappa shape index (κ1) is 16.7. The molecule has 0 spiro atoms. The van der Waals surface area contributed by atoms with Crippen LogP contribution < -0.4 is 5.63 Å². The molecule has 2 aromatic carbocycles. The highest BCUT2D eigenvalue weighted by atomic mass is 16.4. The lowest BCUT2D eigenvalue weighted by Gasteiger charge is -2.15. The third-order valence-electron chi connectivity index (χ3n) is 3.97. The number of aliphatic imine (C=N–C) groups is 1. The summed E-state index contributed by atoms with van der Waals surface area (Å²) in [5.41, 5.74) is 1.96. The van der Waals surface area contributed by atoms with E-state index in [9.17, 15) is 9.90 Å². The van der Waals surface area contributed by atoms with Gasteiger partial charge in [0.2, 0.25) is 0 Å². The van der Waals surface area contributed by atoms with Gasteiger partial charge in [-0.2, -0.15) is 0 Å². The van der Waals surface area contributed by atoms with Crippen LogP contribution in [0.2, 0.25) is 0 Å². The largest absolute Gasteiger partial charge is 0.507 e. The maximum absolute atomic E-state index is 12.1. The van der Waals surface area contributed by atoms with Crippen LogP contribution in [0.25, 0.3) is 0 Å². The van der Waals surface area contributed by atoms with Gasteiger partial charge in [0.15, 0.2) is 0 Å². The first-order valence-electron chi connectivity index (χ1n) is 8.04. The van der Waals surface area contributed by atoms with Gasteiger partial charge in [0, 0.05) is 6.07 Å². The van der Waals surface area contributed by atoms with Crippen molar-refractivity contribution in [3.8, 4) is 5.75 Å². The zero-order chi connectivity index (χ0) is 17.8. The third-order valence-corrected chi connectivity index (χ3v) is 3.97. The molecule has 0 saturated heterocycles. The molecular formula is C21H19NO3. The molecule has 126 valence electrons. The molecule has 4 nitrogen and oxygen atoms in total. The summed E-state index contributed by atoms with van der Waals surface area (Å²) in [4.78, 5) is 16.9. The van der Waals surface area contributed by atoms with E-state index in [4.69, 9.17) is 9.41 Å². The normalized spacial score (nSPS) is 11.7. The first-order chi connectivity index (χ1) is 12.1. The van der Waals surface area contributed by atoms with Crippen LogP contribution in [-0.2, 0) is 0 Å². The molecule has 4 heteroatoms. The molecule has 1 heterocycles. The van der Waals surface area contributed by atoms with Gasteiger partial charge in [-0.25, -0.2) is 4.79 Å². The molecule has 25 heavy (non-hydrogen) atoms. The van der Waals surface area contributed by atoms with Crippen LogP contribution in [0.1, 0.15) is 35.4 Å². The number of aryl methyl sites for hydroxylation is 1. The lowest BCUT2D eigenvalue weighted by atomic mass is 9.99. The van der Waals surface area contributed by atoms with Gasteiger partial charge >= 0.3 is 5.63 Å². The Kier molecular flexibility index (Phi) is 4.80. The van der Waals surface area contributed by atoms with E-state index < -0.39 is 5.63 Å². The minimum absolute atomic E-state index is 0.0995. The Bertz CT molecular complexity index is 904. The molecular weight excluding hydrogens is 314 g/mol. The van der Waals surface area contributed by atoms with Crippen molar-refractivity contribution in [2.75, 3.05) is 0 Å². The summed E-state index contributed by atoms with van der Waals surface area (Å²) in [6.45, 7) is 3.33. The van der Waals surface area contributed by atoms with Crippen molar-refractivity contribution in [3.63, 3.8) is 0 Å². The molecule has 0 bridgehead atoms. The number of hydrogen-bond donors (Lipinski definition) is 1. The Labute approximate surface area is 146 Å². The van der Waals surface area contributed by atoms with Crippen LogP contribution >= 0.6 is 0 Å². The second kappa shape index (κ2) is 7.18. The smallest absolute Gasteiger partial charge is 0.348 e. The number of hydrogen-bond acceptors (Lipinski definition) is 4. The zero-order valence-corrected chi connectivity index (χ0v) is 14.1. The molecule has 0 aliphatic rings. The molecule has 1 N–H and O–H groups in total. The Morgan fingerprint density at radius 2 is 1.52 bits per heavy atom. The molecule has 0 radical (unpaired) electrons. The number of rotatable bonds is 4. The quantitative estimate of drug-likeness (QED) is 0.726. The minimum Gasteiger partial charge on any atom is -0.507 e. The molecule has 0 saturated carbocycles. The highest BCUT2D eigenvalue weighted by molar-refractivity contribution is 6.00. The first-order valence-corrected chi connectivity index (χ1v) is 8.04. The number of benzene rings is 2. The van der Waals surface area contributed by atoms with E-state index in [-0.39, 0.29) is 17.4 Å². The zero-order valence-electron chi connectivity index (χ0n) is 14.1. The van der Waals surface area contributed by atoms with Crippen molar-refractivity contribution < 1.29 is 9.52 Å². The Morgan fingerprint density at radius 3 is 2.00 bits per heavy atom. The predicted octanol–water partition coefficient (Wildman–Crippen LogP) is 4.25. The Balaban J connectivity index is 2.12. The lowest BCUT2D eigenvalue weighted by Crippen LogP contribution is -2.14. The van der Waals surface area contributed by atoms with Crippen molar-refractivity contribution >= 4 is 5.71 Å². The van der Waals surface area contributed by atoms with Gasteiger partial charge in [-0.1, -0.05) is 60.7 Å². The maximum Gasteiger partial charge on any atom is 0.348 e. The fourth-order valence-corrected chi connectivity index (χ4v) is 2.80. The standard InChI is InChI=1S/C21H19NO3/c1-14-13-18(23)19(21(24)25-14)15(2)22-20(16-9-5-3-6-10-16)17-11-7-4-8-12-17/h3-13,20,23H,1-2H3. The van der Waals surface area contributed by atoms with E-state index in [2.05, 4.69) is 0 Å². The molecule has 0 aliphatic carbocycles.